The second-order valence-corrected chi connectivity index (χ2v) is 11.4. The minimum Gasteiger partial charge on any atom is -0.369 e. The molecule has 1 saturated carbocycles. The van der Waals surface area contributed by atoms with Crippen molar-refractivity contribution in [2.24, 2.45) is 28.4 Å². The number of hydrogen-bond acceptors (Lipinski definition) is 5. The first-order chi connectivity index (χ1) is 14.5. The second kappa shape index (κ2) is 7.87. The van der Waals surface area contributed by atoms with E-state index < -0.39 is 0 Å². The van der Waals surface area contributed by atoms with Crippen molar-refractivity contribution in [3.63, 3.8) is 0 Å². The number of nitrogens with zero attached hydrogens (tertiary/aromatic N) is 3. The zero-order valence-electron chi connectivity index (χ0n) is 19.0. The van der Waals surface area contributed by atoms with Crippen molar-refractivity contribution in [3.05, 3.63) is 16.1 Å². The van der Waals surface area contributed by atoms with Crippen LogP contribution in [-0.4, -0.2) is 58.7 Å². The van der Waals surface area contributed by atoms with E-state index in [0.29, 0.717) is 18.8 Å². The Balaban J connectivity index is 1.34. The van der Waals surface area contributed by atoms with Gasteiger partial charge in [0, 0.05) is 43.4 Å². The molecule has 0 aromatic carbocycles. The van der Waals surface area contributed by atoms with Crippen LogP contribution in [0.5, 0.6) is 0 Å². The maximum absolute atomic E-state index is 13.0. The molecular weight excluding hydrogens is 412 g/mol. The van der Waals surface area contributed by atoms with Crippen LogP contribution in [0.15, 0.2) is 5.38 Å². The van der Waals surface area contributed by atoms with Gasteiger partial charge in [0.25, 0.3) is 5.91 Å². The van der Waals surface area contributed by atoms with Crippen LogP contribution in [0.2, 0.25) is 0 Å². The van der Waals surface area contributed by atoms with Gasteiger partial charge in [0.2, 0.25) is 11.8 Å². The lowest BCUT2D eigenvalue weighted by molar-refractivity contribution is -0.135. The molecule has 4 rings (SSSR count). The Bertz CT molecular complexity index is 871. The summed E-state index contributed by atoms with van der Waals surface area (Å²) in [6, 6.07) is 0. The van der Waals surface area contributed by atoms with Crippen LogP contribution < -0.4 is 5.73 Å². The van der Waals surface area contributed by atoms with Gasteiger partial charge in [-0.3, -0.25) is 14.4 Å². The number of carbonyl (C=O) groups is 3. The van der Waals surface area contributed by atoms with E-state index >= 15 is 0 Å². The highest BCUT2D eigenvalue weighted by atomic mass is 32.1. The Morgan fingerprint density at radius 3 is 2.26 bits per heavy atom. The number of primary amides is 1. The second-order valence-electron chi connectivity index (χ2n) is 10.5. The molecule has 170 valence electrons. The average molecular weight is 447 g/mol. The lowest BCUT2D eigenvalue weighted by atomic mass is 9.96. The lowest BCUT2D eigenvalue weighted by Gasteiger charge is -2.32. The van der Waals surface area contributed by atoms with Gasteiger partial charge in [-0.1, -0.05) is 27.7 Å². The van der Waals surface area contributed by atoms with Crippen LogP contribution in [-0.2, 0) is 9.59 Å². The highest BCUT2D eigenvalue weighted by Gasteiger charge is 2.68. The van der Waals surface area contributed by atoms with Crippen molar-refractivity contribution >= 4 is 29.1 Å². The van der Waals surface area contributed by atoms with Crippen LogP contribution in [0.3, 0.4) is 0 Å². The van der Waals surface area contributed by atoms with Crippen molar-refractivity contribution in [2.45, 2.75) is 59.3 Å². The zero-order valence-corrected chi connectivity index (χ0v) is 19.8. The summed E-state index contributed by atoms with van der Waals surface area (Å²) < 4.78 is 0. The third kappa shape index (κ3) is 3.88. The molecule has 0 bridgehead atoms. The molecule has 3 amide bonds. The molecular formula is C23H34N4O3S. The summed E-state index contributed by atoms with van der Waals surface area (Å²) in [6.45, 7) is 11.3. The van der Waals surface area contributed by atoms with Crippen LogP contribution in [0.4, 0.5) is 0 Å². The molecule has 1 aliphatic carbocycles. The topological polar surface area (TPSA) is 96.6 Å². The summed E-state index contributed by atoms with van der Waals surface area (Å²) >= 11 is 1.53. The van der Waals surface area contributed by atoms with Crippen molar-refractivity contribution < 1.29 is 14.4 Å². The molecule has 8 heteroatoms. The molecule has 1 aromatic heterocycles. The van der Waals surface area contributed by atoms with Gasteiger partial charge in [-0.15, -0.1) is 11.3 Å². The van der Waals surface area contributed by atoms with Gasteiger partial charge in [-0.05, 0) is 36.5 Å². The summed E-state index contributed by atoms with van der Waals surface area (Å²) in [6.07, 6.45) is 3.30. The molecule has 2 saturated heterocycles. The first-order valence-electron chi connectivity index (χ1n) is 11.4. The van der Waals surface area contributed by atoms with Crippen LogP contribution >= 0.6 is 11.3 Å². The quantitative estimate of drug-likeness (QED) is 0.769. The highest BCUT2D eigenvalue weighted by molar-refractivity contribution is 7.09. The summed E-state index contributed by atoms with van der Waals surface area (Å²) in [5.41, 5.74) is 6.03. The van der Waals surface area contributed by atoms with E-state index in [-0.39, 0.29) is 46.3 Å². The highest BCUT2D eigenvalue weighted by Crippen LogP contribution is 2.68. The molecule has 1 aromatic rings. The lowest BCUT2D eigenvalue weighted by Crippen LogP contribution is -2.44. The molecule has 0 spiro atoms. The largest absolute Gasteiger partial charge is 0.369 e. The number of thiazole rings is 1. The van der Waals surface area contributed by atoms with E-state index in [1.54, 1.807) is 4.90 Å². The van der Waals surface area contributed by atoms with Crippen molar-refractivity contribution in [1.82, 2.24) is 14.8 Å². The molecule has 3 heterocycles. The Morgan fingerprint density at radius 2 is 1.68 bits per heavy atom. The first-order valence-corrected chi connectivity index (χ1v) is 12.2. The number of likely N-dealkylation sites (tertiary alicyclic amines) is 2. The monoisotopic (exact) mass is 446 g/mol. The first kappa shape index (κ1) is 22.2. The van der Waals surface area contributed by atoms with Gasteiger partial charge in [-0.25, -0.2) is 4.98 Å². The third-order valence-electron chi connectivity index (χ3n) is 8.28. The number of piperidine rings is 2. The number of rotatable bonds is 4. The van der Waals surface area contributed by atoms with Crippen LogP contribution in [0.25, 0.3) is 0 Å². The Morgan fingerprint density at radius 1 is 1.03 bits per heavy atom. The minimum atomic E-state index is -0.337. The van der Waals surface area contributed by atoms with Crippen molar-refractivity contribution in [2.75, 3.05) is 26.2 Å². The standard InChI is InChI=1S/C23H34N4O3S/c1-22(2)17(23(22,3)4)21(30)26-10-7-14(8-11-26)19-25-16(13-31-19)20(29)27-9-5-6-15(12-27)18(24)28/h13-15,17H,5-12H2,1-4H3,(H2,24,28). The van der Waals surface area contributed by atoms with Crippen molar-refractivity contribution in [3.8, 4) is 0 Å². The molecule has 1 atom stereocenters. The fourth-order valence-electron chi connectivity index (χ4n) is 5.47. The minimum absolute atomic E-state index is 0.0630. The number of hydrogen-bond donors (Lipinski definition) is 1. The molecule has 3 aliphatic rings. The number of carbonyl (C=O) groups excluding carboxylic acids is 3. The predicted octanol–water partition coefficient (Wildman–Crippen LogP) is 2.87. The number of nitrogens with two attached hydrogens (primary N) is 1. The molecule has 1 unspecified atom stereocenters. The summed E-state index contributed by atoms with van der Waals surface area (Å²) in [7, 11) is 0. The van der Waals surface area contributed by atoms with E-state index in [9.17, 15) is 14.4 Å². The molecule has 3 fully saturated rings. The Labute approximate surface area is 188 Å². The summed E-state index contributed by atoms with van der Waals surface area (Å²) in [4.78, 5) is 45.8. The molecule has 2 aliphatic heterocycles. The fourth-order valence-corrected chi connectivity index (χ4v) is 6.44. The Hall–Kier alpha value is -1.96. The van der Waals surface area contributed by atoms with Gasteiger partial charge >= 0.3 is 0 Å². The van der Waals surface area contributed by atoms with E-state index in [1.165, 1.54) is 11.3 Å². The van der Waals surface area contributed by atoms with Gasteiger partial charge in [0.15, 0.2) is 0 Å². The van der Waals surface area contributed by atoms with Gasteiger partial charge in [-0.2, -0.15) is 0 Å². The van der Waals surface area contributed by atoms with Crippen LogP contribution in [0.1, 0.15) is 74.8 Å². The third-order valence-corrected chi connectivity index (χ3v) is 9.28. The molecule has 7 nitrogen and oxygen atoms in total. The number of aromatic nitrogens is 1. The number of amides is 3. The maximum atomic E-state index is 13.0. The normalized spacial score (nSPS) is 26.0. The van der Waals surface area contributed by atoms with Gasteiger partial charge in [0.05, 0.1) is 10.9 Å². The van der Waals surface area contributed by atoms with E-state index in [1.807, 2.05) is 10.3 Å². The molecule has 0 radical (unpaired) electrons. The van der Waals surface area contributed by atoms with Gasteiger partial charge < -0.3 is 15.5 Å². The van der Waals surface area contributed by atoms with Gasteiger partial charge in [0.1, 0.15) is 5.69 Å². The SMILES string of the molecule is CC1(C)C(C(=O)N2CCC(c3nc(C(=O)N4CCCC(C(N)=O)C4)cs3)CC2)C1(C)C. The fraction of sp³-hybridized carbons (Fsp3) is 0.739. The Kier molecular flexibility index (Phi) is 5.65. The maximum Gasteiger partial charge on any atom is 0.273 e. The smallest absolute Gasteiger partial charge is 0.273 e. The summed E-state index contributed by atoms with van der Waals surface area (Å²) in [5.74, 6) is -0.0309. The zero-order chi connectivity index (χ0) is 22.6. The average Bonchev–Trinajstić information content (AvgIpc) is 3.08. The van der Waals surface area contributed by atoms with Crippen molar-refractivity contribution in [1.29, 1.82) is 0 Å². The predicted molar refractivity (Wildman–Crippen MR) is 120 cm³/mol. The van der Waals surface area contributed by atoms with E-state index in [4.69, 9.17) is 5.73 Å². The molecule has 2 N–H and O–H groups in total. The summed E-state index contributed by atoms with van der Waals surface area (Å²) in [5, 5.41) is 2.81. The van der Waals surface area contributed by atoms with E-state index in [2.05, 4.69) is 32.7 Å². The molecule has 31 heavy (non-hydrogen) atoms. The van der Waals surface area contributed by atoms with Crippen LogP contribution in [0, 0.1) is 22.7 Å². The van der Waals surface area contributed by atoms with E-state index in [0.717, 1.165) is 43.8 Å².